The van der Waals surface area contributed by atoms with Crippen LogP contribution in [0.2, 0.25) is 0 Å². The molecule has 1 atom stereocenters. The number of thiophene rings is 1. The van der Waals surface area contributed by atoms with Crippen molar-refractivity contribution in [1.82, 2.24) is 4.90 Å². The summed E-state index contributed by atoms with van der Waals surface area (Å²) in [6.45, 7) is 8.52. The maximum absolute atomic E-state index is 2.62. The van der Waals surface area contributed by atoms with E-state index in [1.165, 1.54) is 43.8 Å². The molecule has 15 heavy (non-hydrogen) atoms. The molecule has 0 bridgehead atoms. The van der Waals surface area contributed by atoms with Gasteiger partial charge in [0.05, 0.1) is 0 Å². The third-order valence-electron chi connectivity index (χ3n) is 3.11. The Morgan fingerprint density at radius 1 is 1.33 bits per heavy atom. The SMILES string of the molecule is Cc1ccc(CC(C)CN2CCCC2)s1. The van der Waals surface area contributed by atoms with Gasteiger partial charge in [0.1, 0.15) is 0 Å². The van der Waals surface area contributed by atoms with E-state index in [-0.39, 0.29) is 0 Å². The zero-order chi connectivity index (χ0) is 10.7. The maximum Gasteiger partial charge on any atom is 0.00512 e. The molecule has 0 N–H and O–H groups in total. The van der Waals surface area contributed by atoms with E-state index in [1.54, 1.807) is 4.88 Å². The van der Waals surface area contributed by atoms with Gasteiger partial charge in [-0.15, -0.1) is 11.3 Å². The summed E-state index contributed by atoms with van der Waals surface area (Å²) >= 11 is 1.96. The average molecular weight is 223 g/mol. The minimum atomic E-state index is 0.807. The van der Waals surface area contributed by atoms with E-state index in [9.17, 15) is 0 Å². The molecule has 1 saturated heterocycles. The van der Waals surface area contributed by atoms with E-state index in [2.05, 4.69) is 30.9 Å². The van der Waals surface area contributed by atoms with Gasteiger partial charge in [0.25, 0.3) is 0 Å². The lowest BCUT2D eigenvalue weighted by Gasteiger charge is -2.19. The summed E-state index contributed by atoms with van der Waals surface area (Å²) in [5.41, 5.74) is 0. The molecule has 2 heteroatoms. The highest BCUT2D eigenvalue weighted by atomic mass is 32.1. The van der Waals surface area contributed by atoms with E-state index >= 15 is 0 Å². The van der Waals surface area contributed by atoms with E-state index in [0.717, 1.165) is 5.92 Å². The van der Waals surface area contributed by atoms with Crippen molar-refractivity contribution in [2.75, 3.05) is 19.6 Å². The Balaban J connectivity index is 1.78. The largest absolute Gasteiger partial charge is 0.303 e. The number of hydrogen-bond donors (Lipinski definition) is 0. The predicted octanol–water partition coefficient (Wildman–Crippen LogP) is 3.33. The summed E-state index contributed by atoms with van der Waals surface area (Å²) in [6, 6.07) is 4.53. The Labute approximate surface area is 97.1 Å². The van der Waals surface area contributed by atoms with E-state index in [4.69, 9.17) is 0 Å². The Hall–Kier alpha value is -0.340. The molecule has 0 amide bonds. The summed E-state index contributed by atoms with van der Waals surface area (Å²) < 4.78 is 0. The lowest BCUT2D eigenvalue weighted by molar-refractivity contribution is 0.288. The van der Waals surface area contributed by atoms with Gasteiger partial charge in [-0.1, -0.05) is 6.92 Å². The third kappa shape index (κ3) is 3.32. The van der Waals surface area contributed by atoms with Crippen molar-refractivity contribution in [3.05, 3.63) is 21.9 Å². The fourth-order valence-corrected chi connectivity index (χ4v) is 3.46. The van der Waals surface area contributed by atoms with Gasteiger partial charge in [-0.3, -0.25) is 0 Å². The first kappa shape index (κ1) is 11.2. The van der Waals surface area contributed by atoms with Crippen LogP contribution in [0, 0.1) is 12.8 Å². The second-order valence-corrected chi connectivity index (χ2v) is 6.20. The molecule has 1 aliphatic heterocycles. The molecular formula is C13H21NS. The first-order valence-corrected chi connectivity index (χ1v) is 6.83. The summed E-state index contributed by atoms with van der Waals surface area (Å²) in [6.07, 6.45) is 4.07. The minimum Gasteiger partial charge on any atom is -0.303 e. The van der Waals surface area contributed by atoms with Crippen LogP contribution >= 0.6 is 11.3 Å². The second kappa shape index (κ2) is 5.13. The Kier molecular flexibility index (Phi) is 3.81. The first-order valence-electron chi connectivity index (χ1n) is 6.02. The third-order valence-corrected chi connectivity index (χ3v) is 4.14. The summed E-state index contributed by atoms with van der Waals surface area (Å²) in [4.78, 5) is 5.61. The van der Waals surface area contributed by atoms with Crippen molar-refractivity contribution >= 4 is 11.3 Å². The average Bonchev–Trinajstić information content (AvgIpc) is 2.77. The molecule has 2 rings (SSSR count). The molecule has 0 saturated carbocycles. The van der Waals surface area contributed by atoms with Gasteiger partial charge in [0.15, 0.2) is 0 Å². The van der Waals surface area contributed by atoms with Crippen molar-refractivity contribution in [2.24, 2.45) is 5.92 Å². The molecule has 2 heterocycles. The number of aryl methyl sites for hydroxylation is 1. The molecule has 1 fully saturated rings. The molecule has 1 nitrogen and oxygen atoms in total. The number of likely N-dealkylation sites (tertiary alicyclic amines) is 1. The van der Waals surface area contributed by atoms with Crippen molar-refractivity contribution in [1.29, 1.82) is 0 Å². The standard InChI is InChI=1S/C13H21NS/c1-11(10-14-7-3-4-8-14)9-13-6-5-12(2)15-13/h5-6,11H,3-4,7-10H2,1-2H3. The minimum absolute atomic E-state index is 0.807. The Morgan fingerprint density at radius 3 is 2.67 bits per heavy atom. The van der Waals surface area contributed by atoms with Crippen LogP contribution in [0.4, 0.5) is 0 Å². The molecule has 1 aromatic rings. The molecule has 1 aromatic heterocycles. The molecule has 0 spiro atoms. The van der Waals surface area contributed by atoms with Gasteiger partial charge in [-0.25, -0.2) is 0 Å². The Morgan fingerprint density at radius 2 is 2.07 bits per heavy atom. The predicted molar refractivity (Wildman–Crippen MR) is 67.6 cm³/mol. The van der Waals surface area contributed by atoms with Gasteiger partial charge >= 0.3 is 0 Å². The summed E-state index contributed by atoms with van der Waals surface area (Å²) in [5.74, 6) is 0.807. The zero-order valence-corrected chi connectivity index (χ0v) is 10.6. The van der Waals surface area contributed by atoms with E-state index < -0.39 is 0 Å². The molecule has 1 unspecified atom stereocenters. The molecule has 0 radical (unpaired) electrons. The van der Waals surface area contributed by atoms with Gasteiger partial charge in [-0.05, 0) is 57.3 Å². The van der Waals surface area contributed by atoms with Gasteiger partial charge in [0.2, 0.25) is 0 Å². The lowest BCUT2D eigenvalue weighted by atomic mass is 10.1. The van der Waals surface area contributed by atoms with Crippen LogP contribution in [0.25, 0.3) is 0 Å². The summed E-state index contributed by atoms with van der Waals surface area (Å²) in [7, 11) is 0. The van der Waals surface area contributed by atoms with Gasteiger partial charge in [-0.2, -0.15) is 0 Å². The lowest BCUT2D eigenvalue weighted by Crippen LogP contribution is -2.26. The van der Waals surface area contributed by atoms with Crippen molar-refractivity contribution in [3.8, 4) is 0 Å². The van der Waals surface area contributed by atoms with Crippen LogP contribution in [0.3, 0.4) is 0 Å². The molecule has 1 aliphatic rings. The van der Waals surface area contributed by atoms with Gasteiger partial charge < -0.3 is 4.90 Å². The Bertz CT molecular complexity index is 299. The quantitative estimate of drug-likeness (QED) is 0.757. The van der Waals surface area contributed by atoms with Crippen LogP contribution in [-0.2, 0) is 6.42 Å². The van der Waals surface area contributed by atoms with Crippen LogP contribution in [-0.4, -0.2) is 24.5 Å². The fraction of sp³-hybridized carbons (Fsp3) is 0.692. The van der Waals surface area contributed by atoms with Crippen LogP contribution < -0.4 is 0 Å². The zero-order valence-electron chi connectivity index (χ0n) is 9.83. The summed E-state index contributed by atoms with van der Waals surface area (Å²) in [5, 5.41) is 0. The van der Waals surface area contributed by atoms with E-state index in [1.807, 2.05) is 11.3 Å². The highest BCUT2D eigenvalue weighted by Crippen LogP contribution is 2.20. The van der Waals surface area contributed by atoms with Crippen LogP contribution in [0.15, 0.2) is 12.1 Å². The topological polar surface area (TPSA) is 3.24 Å². The van der Waals surface area contributed by atoms with Crippen molar-refractivity contribution < 1.29 is 0 Å². The fourth-order valence-electron chi connectivity index (χ4n) is 2.41. The van der Waals surface area contributed by atoms with Crippen molar-refractivity contribution in [3.63, 3.8) is 0 Å². The number of nitrogens with zero attached hydrogens (tertiary/aromatic N) is 1. The second-order valence-electron chi connectivity index (χ2n) is 4.83. The normalized spacial score (nSPS) is 19.6. The highest BCUT2D eigenvalue weighted by Gasteiger charge is 2.15. The smallest absolute Gasteiger partial charge is 0.00512 e. The highest BCUT2D eigenvalue weighted by molar-refractivity contribution is 7.11. The van der Waals surface area contributed by atoms with E-state index in [0.29, 0.717) is 0 Å². The monoisotopic (exact) mass is 223 g/mol. The molecular weight excluding hydrogens is 202 g/mol. The first-order chi connectivity index (χ1) is 7.24. The number of rotatable bonds is 4. The van der Waals surface area contributed by atoms with Gasteiger partial charge in [0, 0.05) is 16.3 Å². The maximum atomic E-state index is 2.62. The van der Waals surface area contributed by atoms with Crippen LogP contribution in [0.5, 0.6) is 0 Å². The molecule has 0 aliphatic carbocycles. The molecule has 84 valence electrons. The van der Waals surface area contributed by atoms with Crippen molar-refractivity contribution in [2.45, 2.75) is 33.1 Å². The number of hydrogen-bond acceptors (Lipinski definition) is 2. The van der Waals surface area contributed by atoms with Crippen LogP contribution in [0.1, 0.15) is 29.5 Å². The molecule has 0 aromatic carbocycles.